The van der Waals surface area contributed by atoms with E-state index >= 15 is 0 Å². The smallest absolute Gasteiger partial charge is 0.315 e. The zero-order valence-corrected chi connectivity index (χ0v) is 17.4. The van der Waals surface area contributed by atoms with Crippen LogP contribution in [0, 0.1) is 23.0 Å². The highest BCUT2D eigenvalue weighted by atomic mass is 16.6. The SMILES string of the molecule is COc1cc(CC2C(O)C3CCN2CC3)cc([N+](=O)[O-])c1OCc1ccc(C)cc1. The fraction of sp³-hybridized carbons (Fsp3) is 0.478. The summed E-state index contributed by atoms with van der Waals surface area (Å²) in [7, 11) is 1.49. The molecule has 3 heterocycles. The third-order valence-corrected chi connectivity index (χ3v) is 6.38. The maximum absolute atomic E-state index is 11.8. The van der Waals surface area contributed by atoms with Crippen molar-refractivity contribution in [2.24, 2.45) is 5.92 Å². The van der Waals surface area contributed by atoms with Crippen molar-refractivity contribution >= 4 is 5.69 Å². The van der Waals surface area contributed by atoms with Gasteiger partial charge in [0, 0.05) is 12.1 Å². The van der Waals surface area contributed by atoms with Gasteiger partial charge in [0.25, 0.3) is 0 Å². The van der Waals surface area contributed by atoms with Crippen LogP contribution in [-0.2, 0) is 13.0 Å². The van der Waals surface area contributed by atoms with Crippen LogP contribution in [0.5, 0.6) is 11.5 Å². The van der Waals surface area contributed by atoms with Gasteiger partial charge in [-0.25, -0.2) is 0 Å². The molecule has 2 aromatic rings. The second-order valence-corrected chi connectivity index (χ2v) is 8.31. The lowest BCUT2D eigenvalue weighted by Crippen LogP contribution is -2.58. The third-order valence-electron chi connectivity index (χ3n) is 6.38. The largest absolute Gasteiger partial charge is 0.493 e. The number of aliphatic hydroxyl groups excluding tert-OH is 1. The third kappa shape index (κ3) is 4.13. The van der Waals surface area contributed by atoms with Gasteiger partial charge in [0.05, 0.1) is 18.1 Å². The molecule has 2 atom stereocenters. The van der Waals surface area contributed by atoms with Crippen LogP contribution in [0.4, 0.5) is 5.69 Å². The Kier molecular flexibility index (Phi) is 5.92. The van der Waals surface area contributed by atoms with Crippen LogP contribution in [0.2, 0.25) is 0 Å². The minimum Gasteiger partial charge on any atom is -0.493 e. The van der Waals surface area contributed by atoms with E-state index in [-0.39, 0.29) is 24.1 Å². The molecule has 7 nitrogen and oxygen atoms in total. The van der Waals surface area contributed by atoms with Crippen molar-refractivity contribution in [3.05, 3.63) is 63.2 Å². The van der Waals surface area contributed by atoms with E-state index in [2.05, 4.69) is 4.90 Å². The molecule has 30 heavy (non-hydrogen) atoms. The number of hydrogen-bond acceptors (Lipinski definition) is 6. The molecule has 2 unspecified atom stereocenters. The zero-order valence-electron chi connectivity index (χ0n) is 17.4. The average molecular weight is 412 g/mol. The summed E-state index contributed by atoms with van der Waals surface area (Å²) in [6.07, 6.45) is 2.20. The molecule has 2 bridgehead atoms. The number of hydrogen-bond donors (Lipinski definition) is 1. The van der Waals surface area contributed by atoms with E-state index in [4.69, 9.17) is 9.47 Å². The number of nitro benzene ring substituents is 1. The summed E-state index contributed by atoms with van der Waals surface area (Å²) in [6, 6.07) is 11.2. The van der Waals surface area contributed by atoms with E-state index in [1.807, 2.05) is 31.2 Å². The van der Waals surface area contributed by atoms with E-state index in [0.29, 0.717) is 18.1 Å². The normalized spacial score (nSPS) is 25.2. The lowest BCUT2D eigenvalue weighted by molar-refractivity contribution is -0.386. The molecule has 0 saturated carbocycles. The molecule has 5 rings (SSSR count). The summed E-state index contributed by atoms with van der Waals surface area (Å²) < 4.78 is 11.3. The molecule has 3 aliphatic heterocycles. The fourth-order valence-electron chi connectivity index (χ4n) is 4.65. The molecule has 3 aliphatic rings. The van der Waals surface area contributed by atoms with Gasteiger partial charge in [-0.05, 0) is 62.4 Å². The van der Waals surface area contributed by atoms with Crippen LogP contribution in [0.25, 0.3) is 0 Å². The highest BCUT2D eigenvalue weighted by Crippen LogP contribution is 2.40. The Hall–Kier alpha value is -2.64. The van der Waals surface area contributed by atoms with Gasteiger partial charge in [0.15, 0.2) is 5.75 Å². The first-order valence-electron chi connectivity index (χ1n) is 10.4. The Morgan fingerprint density at radius 3 is 2.47 bits per heavy atom. The molecule has 1 N–H and O–H groups in total. The summed E-state index contributed by atoms with van der Waals surface area (Å²) in [5, 5.41) is 22.5. The maximum atomic E-state index is 11.8. The molecule has 2 aromatic carbocycles. The first-order valence-corrected chi connectivity index (χ1v) is 10.4. The molecule has 0 amide bonds. The molecule has 0 radical (unpaired) electrons. The Labute approximate surface area is 176 Å². The average Bonchev–Trinajstić information content (AvgIpc) is 2.76. The first-order chi connectivity index (χ1) is 14.5. The minimum absolute atomic E-state index is 0.0128. The number of piperidine rings is 3. The second kappa shape index (κ2) is 8.62. The number of benzene rings is 2. The molecule has 3 fully saturated rings. The van der Waals surface area contributed by atoms with E-state index in [1.54, 1.807) is 12.1 Å². The van der Waals surface area contributed by atoms with Crippen molar-refractivity contribution in [1.82, 2.24) is 4.90 Å². The van der Waals surface area contributed by atoms with Crippen LogP contribution in [0.1, 0.15) is 29.5 Å². The second-order valence-electron chi connectivity index (χ2n) is 8.31. The number of nitrogens with zero attached hydrogens (tertiary/aromatic N) is 2. The Balaban J connectivity index is 1.58. The number of aliphatic hydroxyl groups is 1. The van der Waals surface area contributed by atoms with Gasteiger partial charge < -0.3 is 14.6 Å². The molecule has 0 aliphatic carbocycles. The van der Waals surface area contributed by atoms with Gasteiger partial charge >= 0.3 is 5.69 Å². The van der Waals surface area contributed by atoms with E-state index in [0.717, 1.165) is 42.6 Å². The maximum Gasteiger partial charge on any atom is 0.315 e. The Morgan fingerprint density at radius 1 is 1.17 bits per heavy atom. The standard InChI is InChI=1S/C23H28N2O5/c1-15-3-5-16(6-4-15)14-30-23-20(25(27)28)12-17(13-21(23)29-2)11-19-22(26)18-7-9-24(19)10-8-18/h3-6,12-13,18-19,22,26H,7-11,14H2,1-2H3. The summed E-state index contributed by atoms with van der Waals surface area (Å²) in [5.41, 5.74) is 2.73. The van der Waals surface area contributed by atoms with Gasteiger partial charge in [-0.15, -0.1) is 0 Å². The molecule has 0 aromatic heterocycles. The number of methoxy groups -OCH3 is 1. The van der Waals surface area contributed by atoms with Crippen LogP contribution in [-0.4, -0.2) is 47.3 Å². The van der Waals surface area contributed by atoms with Gasteiger partial charge in [-0.2, -0.15) is 0 Å². The number of nitro groups is 1. The van der Waals surface area contributed by atoms with Crippen LogP contribution in [0.3, 0.4) is 0 Å². The molecular weight excluding hydrogens is 384 g/mol. The predicted octanol–water partition coefficient (Wildman–Crippen LogP) is 3.49. The lowest BCUT2D eigenvalue weighted by Gasteiger charge is -2.49. The van der Waals surface area contributed by atoms with E-state index in [9.17, 15) is 15.2 Å². The van der Waals surface area contributed by atoms with Crippen molar-refractivity contribution in [2.75, 3.05) is 20.2 Å². The van der Waals surface area contributed by atoms with Crippen LogP contribution < -0.4 is 9.47 Å². The van der Waals surface area contributed by atoms with Gasteiger partial charge in [-0.1, -0.05) is 29.8 Å². The van der Waals surface area contributed by atoms with Crippen molar-refractivity contribution in [2.45, 2.75) is 44.9 Å². The summed E-state index contributed by atoms with van der Waals surface area (Å²) >= 11 is 0. The van der Waals surface area contributed by atoms with Crippen molar-refractivity contribution in [3.8, 4) is 11.5 Å². The van der Waals surface area contributed by atoms with Crippen molar-refractivity contribution in [1.29, 1.82) is 0 Å². The predicted molar refractivity (Wildman–Crippen MR) is 113 cm³/mol. The highest BCUT2D eigenvalue weighted by Gasteiger charge is 2.41. The minimum atomic E-state index is -0.430. The van der Waals surface area contributed by atoms with Gasteiger partial charge in [-0.3, -0.25) is 15.0 Å². The fourth-order valence-corrected chi connectivity index (χ4v) is 4.65. The zero-order chi connectivity index (χ0) is 21.3. The van der Waals surface area contributed by atoms with Gasteiger partial charge in [0.1, 0.15) is 6.61 Å². The first kappa shape index (κ1) is 20.6. The van der Waals surface area contributed by atoms with Crippen LogP contribution >= 0.6 is 0 Å². The van der Waals surface area contributed by atoms with Gasteiger partial charge in [0.2, 0.25) is 5.75 Å². The number of fused-ring (bicyclic) bond motifs is 3. The molecule has 160 valence electrons. The van der Waals surface area contributed by atoms with Crippen molar-refractivity contribution < 1.29 is 19.5 Å². The number of rotatable bonds is 7. The monoisotopic (exact) mass is 412 g/mol. The van der Waals surface area contributed by atoms with Crippen molar-refractivity contribution in [3.63, 3.8) is 0 Å². The highest BCUT2D eigenvalue weighted by molar-refractivity contribution is 5.58. The molecule has 0 spiro atoms. The number of aryl methyl sites for hydroxylation is 1. The quantitative estimate of drug-likeness (QED) is 0.554. The Bertz CT molecular complexity index is 905. The lowest BCUT2D eigenvalue weighted by atomic mass is 9.78. The summed E-state index contributed by atoms with van der Waals surface area (Å²) in [5.74, 6) is 0.809. The number of ether oxygens (including phenoxy) is 2. The topological polar surface area (TPSA) is 85.1 Å². The van der Waals surface area contributed by atoms with E-state index in [1.165, 1.54) is 7.11 Å². The molecule has 3 saturated heterocycles. The summed E-state index contributed by atoms with van der Waals surface area (Å²) in [4.78, 5) is 13.7. The summed E-state index contributed by atoms with van der Waals surface area (Å²) in [6.45, 7) is 4.17. The Morgan fingerprint density at radius 2 is 1.87 bits per heavy atom. The molecule has 7 heteroatoms. The molecular formula is C23H28N2O5. The van der Waals surface area contributed by atoms with Crippen LogP contribution in [0.15, 0.2) is 36.4 Å². The van der Waals surface area contributed by atoms with E-state index < -0.39 is 11.0 Å².